The van der Waals surface area contributed by atoms with E-state index in [1.807, 2.05) is 30.3 Å². The number of anilines is 1. The summed E-state index contributed by atoms with van der Waals surface area (Å²) in [5.41, 5.74) is 4.28. The van der Waals surface area contributed by atoms with Gasteiger partial charge in [0.2, 0.25) is 0 Å². The highest BCUT2D eigenvalue weighted by atomic mass is 32.2. The molecule has 28 heavy (non-hydrogen) atoms. The van der Waals surface area contributed by atoms with Gasteiger partial charge in [-0.25, -0.2) is 9.97 Å². The number of rotatable bonds is 4. The number of nitrogens with one attached hydrogen (secondary N) is 1. The first-order chi connectivity index (χ1) is 13.6. The Morgan fingerprint density at radius 1 is 0.964 bits per heavy atom. The first kappa shape index (κ1) is 17.7. The molecule has 136 valence electrons. The second-order valence-corrected chi connectivity index (χ2v) is 6.66. The Balaban J connectivity index is 1.79. The molecule has 0 fully saturated rings. The summed E-state index contributed by atoms with van der Waals surface area (Å²) >= 11 is 1.29. The molecule has 2 amide bonds. The monoisotopic (exact) mass is 387 g/mol. The lowest BCUT2D eigenvalue weighted by molar-refractivity contribution is 0.0690. The second kappa shape index (κ2) is 7.13. The Labute approximate surface area is 165 Å². The molecule has 7 nitrogen and oxygen atoms in total. The molecule has 0 saturated carbocycles. The number of thioether (sulfide) groups is 1. The zero-order valence-corrected chi connectivity index (χ0v) is 15.5. The molecule has 0 atom stereocenters. The van der Waals surface area contributed by atoms with Crippen molar-refractivity contribution in [2.24, 2.45) is 0 Å². The number of aromatic nitrogens is 2. The predicted molar refractivity (Wildman–Crippen MR) is 105 cm³/mol. The standard InChI is InChI=1S/C20H13N5O2S/c1-28-18-15(11-21)17(22-16(23-18)12-7-3-2-4-8-12)24-25-19(26)13-9-5-6-10-14(13)20(25)27/h2-10H,1H3,(H,22,23,24). The molecule has 1 aliphatic rings. The van der Waals surface area contributed by atoms with Gasteiger partial charge >= 0.3 is 0 Å². The highest BCUT2D eigenvalue weighted by Crippen LogP contribution is 2.29. The number of carbonyl (C=O) groups excluding carboxylic acids is 2. The predicted octanol–water partition coefficient (Wildman–Crippen LogP) is 3.36. The van der Waals surface area contributed by atoms with Crippen molar-refractivity contribution in [2.45, 2.75) is 5.03 Å². The number of carbonyl (C=O) groups is 2. The van der Waals surface area contributed by atoms with E-state index in [1.165, 1.54) is 11.8 Å². The second-order valence-electron chi connectivity index (χ2n) is 5.86. The van der Waals surface area contributed by atoms with E-state index in [2.05, 4.69) is 21.5 Å². The van der Waals surface area contributed by atoms with Crippen LogP contribution in [0.5, 0.6) is 0 Å². The van der Waals surface area contributed by atoms with Crippen LogP contribution in [0, 0.1) is 11.3 Å². The van der Waals surface area contributed by atoms with Gasteiger partial charge in [0.15, 0.2) is 11.6 Å². The molecule has 1 aromatic heterocycles. The summed E-state index contributed by atoms with van der Waals surface area (Å²) < 4.78 is 0. The Kier molecular flexibility index (Phi) is 4.51. The van der Waals surface area contributed by atoms with E-state index in [0.29, 0.717) is 22.0 Å². The van der Waals surface area contributed by atoms with Crippen molar-refractivity contribution in [3.8, 4) is 17.5 Å². The van der Waals surface area contributed by atoms with E-state index in [4.69, 9.17) is 0 Å². The maximum Gasteiger partial charge on any atom is 0.280 e. The zero-order valence-electron chi connectivity index (χ0n) is 14.7. The Morgan fingerprint density at radius 3 is 2.14 bits per heavy atom. The van der Waals surface area contributed by atoms with Crippen LogP contribution in [0.3, 0.4) is 0 Å². The molecule has 0 unspecified atom stereocenters. The molecule has 2 heterocycles. The highest BCUT2D eigenvalue weighted by Gasteiger charge is 2.36. The molecule has 2 aromatic carbocycles. The number of hydrazine groups is 1. The van der Waals surface area contributed by atoms with E-state index < -0.39 is 11.8 Å². The average Bonchev–Trinajstić information content (AvgIpc) is 2.99. The van der Waals surface area contributed by atoms with Gasteiger partial charge in [-0.3, -0.25) is 15.0 Å². The van der Waals surface area contributed by atoms with Crippen molar-refractivity contribution in [3.63, 3.8) is 0 Å². The van der Waals surface area contributed by atoms with Crippen molar-refractivity contribution < 1.29 is 9.59 Å². The number of hydrogen-bond donors (Lipinski definition) is 1. The van der Waals surface area contributed by atoms with E-state index >= 15 is 0 Å². The van der Waals surface area contributed by atoms with Crippen molar-refractivity contribution in [2.75, 3.05) is 11.7 Å². The largest absolute Gasteiger partial charge is 0.280 e. The van der Waals surface area contributed by atoms with E-state index in [0.717, 1.165) is 10.6 Å². The van der Waals surface area contributed by atoms with Gasteiger partial charge < -0.3 is 0 Å². The highest BCUT2D eigenvalue weighted by molar-refractivity contribution is 7.98. The molecule has 0 saturated heterocycles. The van der Waals surface area contributed by atoms with Gasteiger partial charge in [-0.05, 0) is 18.4 Å². The maximum atomic E-state index is 12.6. The van der Waals surface area contributed by atoms with Gasteiger partial charge in [-0.2, -0.15) is 10.3 Å². The number of hydrogen-bond acceptors (Lipinski definition) is 7. The number of benzene rings is 2. The number of nitriles is 1. The first-order valence-corrected chi connectivity index (χ1v) is 9.52. The van der Waals surface area contributed by atoms with Crippen LogP contribution in [-0.4, -0.2) is 33.0 Å². The first-order valence-electron chi connectivity index (χ1n) is 8.30. The van der Waals surface area contributed by atoms with E-state index in [1.54, 1.807) is 30.5 Å². The maximum absolute atomic E-state index is 12.6. The Morgan fingerprint density at radius 2 is 1.57 bits per heavy atom. The molecule has 1 N–H and O–H groups in total. The minimum atomic E-state index is -0.491. The molecule has 0 bridgehead atoms. The number of fused-ring (bicyclic) bond motifs is 1. The fraction of sp³-hybridized carbons (Fsp3) is 0.0500. The topological polar surface area (TPSA) is 99.0 Å². The van der Waals surface area contributed by atoms with E-state index in [-0.39, 0.29) is 11.4 Å². The normalized spacial score (nSPS) is 12.6. The molecule has 0 spiro atoms. The Bertz CT molecular complexity index is 1110. The van der Waals surface area contributed by atoms with Crippen LogP contribution >= 0.6 is 11.8 Å². The molecule has 0 radical (unpaired) electrons. The lowest BCUT2D eigenvalue weighted by Crippen LogP contribution is -2.36. The smallest absolute Gasteiger partial charge is 0.270 e. The summed E-state index contributed by atoms with van der Waals surface area (Å²) in [5.74, 6) is -0.483. The molecule has 1 aliphatic heterocycles. The molecule has 4 rings (SSSR count). The number of nitrogens with zero attached hydrogens (tertiary/aromatic N) is 4. The molecule has 0 aliphatic carbocycles. The average molecular weight is 387 g/mol. The van der Waals surface area contributed by atoms with Crippen molar-refractivity contribution in [1.82, 2.24) is 15.0 Å². The summed E-state index contributed by atoms with van der Waals surface area (Å²) in [6.07, 6.45) is 1.80. The third-order valence-corrected chi connectivity index (χ3v) is 4.91. The lowest BCUT2D eigenvalue weighted by Gasteiger charge is -2.18. The van der Waals surface area contributed by atoms with Gasteiger partial charge in [0.25, 0.3) is 11.8 Å². The van der Waals surface area contributed by atoms with Gasteiger partial charge in [-0.1, -0.05) is 42.5 Å². The number of amides is 2. The van der Waals surface area contributed by atoms with Gasteiger partial charge in [0.05, 0.1) is 11.1 Å². The SMILES string of the molecule is CSc1nc(-c2ccccc2)nc(NN2C(=O)c3ccccc3C2=O)c1C#N. The summed E-state index contributed by atoms with van der Waals surface area (Å²) in [4.78, 5) is 34.1. The van der Waals surface area contributed by atoms with E-state index in [9.17, 15) is 14.9 Å². The van der Waals surface area contributed by atoms with Crippen LogP contribution in [0.4, 0.5) is 5.82 Å². The lowest BCUT2D eigenvalue weighted by atomic mass is 10.1. The minimum Gasteiger partial charge on any atom is -0.270 e. The van der Waals surface area contributed by atoms with Crippen LogP contribution in [-0.2, 0) is 0 Å². The molecular weight excluding hydrogens is 374 g/mol. The van der Waals surface area contributed by atoms with Crippen LogP contribution in [0.2, 0.25) is 0 Å². The fourth-order valence-corrected chi connectivity index (χ4v) is 3.41. The zero-order chi connectivity index (χ0) is 19.7. The third-order valence-electron chi connectivity index (χ3n) is 4.22. The molecule has 3 aromatic rings. The van der Waals surface area contributed by atoms with Gasteiger partial charge in [0, 0.05) is 5.56 Å². The fourth-order valence-electron chi connectivity index (χ4n) is 2.88. The van der Waals surface area contributed by atoms with Gasteiger partial charge in [-0.15, -0.1) is 11.8 Å². The van der Waals surface area contributed by atoms with Crippen LogP contribution in [0.25, 0.3) is 11.4 Å². The summed E-state index contributed by atoms with van der Waals surface area (Å²) in [5, 5.41) is 10.9. The number of imide groups is 1. The Hall–Kier alpha value is -3.70. The van der Waals surface area contributed by atoms with Crippen molar-refractivity contribution >= 4 is 29.4 Å². The summed E-state index contributed by atoms with van der Waals surface area (Å²) in [6, 6.07) is 17.9. The molecular formula is C20H13N5O2S. The van der Waals surface area contributed by atoms with Crippen LogP contribution in [0.15, 0.2) is 59.6 Å². The minimum absolute atomic E-state index is 0.107. The van der Waals surface area contributed by atoms with Crippen LogP contribution in [0.1, 0.15) is 26.3 Å². The third kappa shape index (κ3) is 2.88. The van der Waals surface area contributed by atoms with Gasteiger partial charge in [0.1, 0.15) is 16.7 Å². The van der Waals surface area contributed by atoms with Crippen molar-refractivity contribution in [3.05, 3.63) is 71.3 Å². The van der Waals surface area contributed by atoms with Crippen LogP contribution < -0.4 is 5.43 Å². The summed E-state index contributed by atoms with van der Waals surface area (Å²) in [6.45, 7) is 0. The van der Waals surface area contributed by atoms with Crippen molar-refractivity contribution in [1.29, 1.82) is 5.26 Å². The quantitative estimate of drug-likeness (QED) is 0.416. The summed E-state index contributed by atoms with van der Waals surface area (Å²) in [7, 11) is 0. The molecule has 8 heteroatoms.